The second kappa shape index (κ2) is 7.82. The van der Waals surface area contributed by atoms with Gasteiger partial charge >= 0.3 is 0 Å². The summed E-state index contributed by atoms with van der Waals surface area (Å²) in [7, 11) is 0. The molecule has 0 saturated heterocycles. The van der Waals surface area contributed by atoms with Gasteiger partial charge in [0, 0.05) is 24.7 Å². The van der Waals surface area contributed by atoms with E-state index in [0.29, 0.717) is 6.54 Å². The summed E-state index contributed by atoms with van der Waals surface area (Å²) in [6.07, 6.45) is 2.81. The Labute approximate surface area is 116 Å². The minimum absolute atomic E-state index is 0.153. The minimum atomic E-state index is 0.153. The Bertz CT molecular complexity index is 382. The summed E-state index contributed by atoms with van der Waals surface area (Å²) in [5.41, 5.74) is 7.59. The summed E-state index contributed by atoms with van der Waals surface area (Å²) in [4.78, 5) is 14.4. The smallest absolute Gasteiger partial charge is 0.225 e. The summed E-state index contributed by atoms with van der Waals surface area (Å²) in [5.74, 6) is 0.434. The van der Waals surface area contributed by atoms with Gasteiger partial charge < -0.3 is 10.6 Å². The summed E-state index contributed by atoms with van der Waals surface area (Å²) < 4.78 is 0. The van der Waals surface area contributed by atoms with Gasteiger partial charge in [-0.1, -0.05) is 32.9 Å². The second-order valence-electron chi connectivity index (χ2n) is 5.01. The molecule has 19 heavy (non-hydrogen) atoms. The van der Waals surface area contributed by atoms with Crippen molar-refractivity contribution in [2.24, 2.45) is 5.92 Å². The average Bonchev–Trinajstić information content (AvgIpc) is 2.42. The lowest BCUT2D eigenvalue weighted by atomic mass is 10.0. The van der Waals surface area contributed by atoms with Gasteiger partial charge in [-0.05, 0) is 37.0 Å². The fourth-order valence-electron chi connectivity index (χ4n) is 2.28. The number of benzene rings is 1. The lowest BCUT2D eigenvalue weighted by Crippen LogP contribution is -2.36. The number of hydrogen-bond donors (Lipinski definition) is 1. The molecule has 0 radical (unpaired) electrons. The van der Waals surface area contributed by atoms with E-state index in [1.807, 2.05) is 29.2 Å². The van der Waals surface area contributed by atoms with Crippen molar-refractivity contribution in [2.45, 2.75) is 46.6 Å². The van der Waals surface area contributed by atoms with Crippen LogP contribution in [0.25, 0.3) is 0 Å². The highest BCUT2D eigenvalue weighted by atomic mass is 16.2. The topological polar surface area (TPSA) is 46.3 Å². The van der Waals surface area contributed by atoms with E-state index >= 15 is 0 Å². The standard InChI is InChI=1S/C16H26N2O/c1-4-11-18(16(19)14(5-2)6-3)12-13-7-9-15(17)10-8-13/h7-10,14H,4-6,11-12,17H2,1-3H3. The first-order valence-corrected chi connectivity index (χ1v) is 7.25. The normalized spacial score (nSPS) is 10.7. The second-order valence-corrected chi connectivity index (χ2v) is 5.01. The van der Waals surface area contributed by atoms with Crippen molar-refractivity contribution in [3.8, 4) is 0 Å². The number of nitrogens with zero attached hydrogens (tertiary/aromatic N) is 1. The highest BCUT2D eigenvalue weighted by Crippen LogP contribution is 2.16. The molecule has 0 aliphatic carbocycles. The van der Waals surface area contributed by atoms with E-state index in [9.17, 15) is 4.79 Å². The Morgan fingerprint density at radius 3 is 2.21 bits per heavy atom. The number of rotatable bonds is 7. The summed E-state index contributed by atoms with van der Waals surface area (Å²) in [5, 5.41) is 0. The molecule has 0 aromatic heterocycles. The van der Waals surface area contributed by atoms with Crippen LogP contribution in [0.5, 0.6) is 0 Å². The van der Waals surface area contributed by atoms with Gasteiger partial charge in [0.1, 0.15) is 0 Å². The minimum Gasteiger partial charge on any atom is -0.399 e. The average molecular weight is 262 g/mol. The van der Waals surface area contributed by atoms with E-state index in [-0.39, 0.29) is 11.8 Å². The zero-order chi connectivity index (χ0) is 14.3. The van der Waals surface area contributed by atoms with Crippen molar-refractivity contribution in [3.63, 3.8) is 0 Å². The van der Waals surface area contributed by atoms with Crippen LogP contribution in [0.3, 0.4) is 0 Å². The van der Waals surface area contributed by atoms with Crippen LogP contribution in [0.15, 0.2) is 24.3 Å². The number of anilines is 1. The van der Waals surface area contributed by atoms with E-state index < -0.39 is 0 Å². The first-order valence-electron chi connectivity index (χ1n) is 7.25. The molecule has 0 heterocycles. The molecule has 3 heteroatoms. The zero-order valence-corrected chi connectivity index (χ0v) is 12.4. The van der Waals surface area contributed by atoms with Gasteiger partial charge in [0.2, 0.25) is 5.91 Å². The Morgan fingerprint density at radius 2 is 1.74 bits per heavy atom. The Morgan fingerprint density at radius 1 is 1.16 bits per heavy atom. The molecule has 1 rings (SSSR count). The molecule has 0 aliphatic heterocycles. The van der Waals surface area contributed by atoms with E-state index in [1.165, 1.54) is 0 Å². The SMILES string of the molecule is CCCN(Cc1ccc(N)cc1)C(=O)C(CC)CC. The molecular formula is C16H26N2O. The zero-order valence-electron chi connectivity index (χ0n) is 12.4. The van der Waals surface area contributed by atoms with Crippen LogP contribution in [0.2, 0.25) is 0 Å². The van der Waals surface area contributed by atoms with Crippen LogP contribution in [-0.4, -0.2) is 17.4 Å². The number of carbonyl (C=O) groups excluding carboxylic acids is 1. The maximum absolute atomic E-state index is 12.5. The fraction of sp³-hybridized carbons (Fsp3) is 0.562. The van der Waals surface area contributed by atoms with Gasteiger partial charge in [-0.25, -0.2) is 0 Å². The van der Waals surface area contributed by atoms with Crippen LogP contribution in [0, 0.1) is 5.92 Å². The highest BCUT2D eigenvalue weighted by molar-refractivity contribution is 5.78. The van der Waals surface area contributed by atoms with Gasteiger partial charge in [0.05, 0.1) is 0 Å². The van der Waals surface area contributed by atoms with Gasteiger partial charge in [0.25, 0.3) is 0 Å². The van der Waals surface area contributed by atoms with E-state index in [4.69, 9.17) is 5.73 Å². The Balaban J connectivity index is 2.76. The quantitative estimate of drug-likeness (QED) is 0.765. The fourth-order valence-corrected chi connectivity index (χ4v) is 2.28. The first-order chi connectivity index (χ1) is 9.12. The van der Waals surface area contributed by atoms with Crippen LogP contribution >= 0.6 is 0 Å². The monoisotopic (exact) mass is 262 g/mol. The largest absolute Gasteiger partial charge is 0.399 e. The van der Waals surface area contributed by atoms with Gasteiger partial charge in [0.15, 0.2) is 0 Å². The van der Waals surface area contributed by atoms with Crippen molar-refractivity contribution in [3.05, 3.63) is 29.8 Å². The van der Waals surface area contributed by atoms with Crippen molar-refractivity contribution in [1.29, 1.82) is 0 Å². The summed E-state index contributed by atoms with van der Waals surface area (Å²) in [6, 6.07) is 7.78. The molecular weight excluding hydrogens is 236 g/mol. The highest BCUT2D eigenvalue weighted by Gasteiger charge is 2.20. The summed E-state index contributed by atoms with van der Waals surface area (Å²) >= 11 is 0. The number of hydrogen-bond acceptors (Lipinski definition) is 2. The molecule has 1 amide bonds. The molecule has 2 N–H and O–H groups in total. The Kier molecular flexibility index (Phi) is 6.40. The van der Waals surface area contributed by atoms with E-state index in [1.54, 1.807) is 0 Å². The third kappa shape index (κ3) is 4.58. The molecule has 1 aromatic carbocycles. The van der Waals surface area contributed by atoms with E-state index in [0.717, 1.165) is 37.1 Å². The Hall–Kier alpha value is -1.51. The molecule has 1 aromatic rings. The van der Waals surface area contributed by atoms with Gasteiger partial charge in [-0.2, -0.15) is 0 Å². The number of carbonyl (C=O) groups is 1. The molecule has 3 nitrogen and oxygen atoms in total. The molecule has 0 saturated carbocycles. The van der Waals surface area contributed by atoms with Crippen molar-refractivity contribution in [1.82, 2.24) is 4.90 Å². The molecule has 0 unspecified atom stereocenters. The van der Waals surface area contributed by atoms with E-state index in [2.05, 4.69) is 20.8 Å². The lowest BCUT2D eigenvalue weighted by molar-refractivity contribution is -0.136. The maximum atomic E-state index is 12.5. The van der Waals surface area contributed by atoms with Crippen molar-refractivity contribution in [2.75, 3.05) is 12.3 Å². The van der Waals surface area contributed by atoms with Gasteiger partial charge in [-0.3, -0.25) is 4.79 Å². The van der Waals surface area contributed by atoms with Crippen LogP contribution in [0.4, 0.5) is 5.69 Å². The third-order valence-electron chi connectivity index (χ3n) is 3.49. The molecule has 0 fully saturated rings. The molecule has 0 aliphatic rings. The molecule has 0 atom stereocenters. The predicted octanol–water partition coefficient (Wildman–Crippen LogP) is 3.44. The lowest BCUT2D eigenvalue weighted by Gasteiger charge is -2.26. The number of nitrogens with two attached hydrogens (primary N) is 1. The van der Waals surface area contributed by atoms with Crippen molar-refractivity contribution < 1.29 is 4.79 Å². The van der Waals surface area contributed by atoms with Crippen LogP contribution in [-0.2, 0) is 11.3 Å². The van der Waals surface area contributed by atoms with Crippen LogP contribution < -0.4 is 5.73 Å². The summed E-state index contributed by atoms with van der Waals surface area (Å²) in [6.45, 7) is 7.78. The maximum Gasteiger partial charge on any atom is 0.225 e. The van der Waals surface area contributed by atoms with Crippen molar-refractivity contribution >= 4 is 11.6 Å². The van der Waals surface area contributed by atoms with Gasteiger partial charge in [-0.15, -0.1) is 0 Å². The first kappa shape index (κ1) is 15.5. The predicted molar refractivity (Wildman–Crippen MR) is 80.6 cm³/mol. The molecule has 0 spiro atoms. The number of amides is 1. The number of nitrogen functional groups attached to an aromatic ring is 1. The van der Waals surface area contributed by atoms with Crippen LogP contribution in [0.1, 0.15) is 45.6 Å². The molecule has 0 bridgehead atoms. The third-order valence-corrected chi connectivity index (χ3v) is 3.49. The molecule has 106 valence electrons.